The summed E-state index contributed by atoms with van der Waals surface area (Å²) < 4.78 is 17.1. The summed E-state index contributed by atoms with van der Waals surface area (Å²) in [7, 11) is 3.46. The van der Waals surface area contributed by atoms with E-state index in [0.29, 0.717) is 17.9 Å². The van der Waals surface area contributed by atoms with Crippen LogP contribution in [0, 0.1) is 11.8 Å². The molecule has 2 aliphatic rings. The van der Waals surface area contributed by atoms with Crippen molar-refractivity contribution < 1.29 is 19.3 Å². The van der Waals surface area contributed by atoms with Gasteiger partial charge in [0, 0.05) is 12.7 Å². The van der Waals surface area contributed by atoms with Crippen LogP contribution in [-0.2, 0) is 9.47 Å². The number of fused-ring (bicyclic) bond motifs is 1. The van der Waals surface area contributed by atoms with Gasteiger partial charge in [0.05, 0.1) is 25.9 Å². The van der Waals surface area contributed by atoms with Gasteiger partial charge in [-0.1, -0.05) is 18.2 Å². The summed E-state index contributed by atoms with van der Waals surface area (Å²) in [4.78, 5) is 0. The predicted octanol–water partition coefficient (Wildman–Crippen LogP) is 2.95. The Kier molecular flexibility index (Phi) is 5.01. The number of methoxy groups -OCH3 is 2. The van der Waals surface area contributed by atoms with Crippen LogP contribution in [0.2, 0.25) is 0 Å². The molecule has 4 nitrogen and oxygen atoms in total. The first kappa shape index (κ1) is 15.8. The number of ether oxygens (including phenoxy) is 3. The number of benzene rings is 1. The SMILES string of the molecule is COc1ccccc1C(CO)OC1C[C@H]2CC(OC)C[C@H]2C1. The number of hydrogen-bond acceptors (Lipinski definition) is 4. The molecule has 0 aliphatic heterocycles. The molecule has 0 spiro atoms. The fourth-order valence-corrected chi connectivity index (χ4v) is 4.19. The molecule has 0 heterocycles. The van der Waals surface area contributed by atoms with Crippen molar-refractivity contribution >= 4 is 0 Å². The van der Waals surface area contributed by atoms with Crippen molar-refractivity contribution in [2.75, 3.05) is 20.8 Å². The summed E-state index contributed by atoms with van der Waals surface area (Å²) in [5.74, 6) is 2.21. The van der Waals surface area contributed by atoms with Crippen LogP contribution in [0.1, 0.15) is 37.4 Å². The molecular formula is C18H26O4. The Morgan fingerprint density at radius 2 is 1.68 bits per heavy atom. The molecule has 3 unspecified atom stereocenters. The van der Waals surface area contributed by atoms with E-state index >= 15 is 0 Å². The molecule has 0 radical (unpaired) electrons. The number of rotatable bonds is 6. The van der Waals surface area contributed by atoms with E-state index in [0.717, 1.165) is 37.0 Å². The van der Waals surface area contributed by atoms with Gasteiger partial charge in [-0.05, 0) is 43.6 Å². The molecule has 3 rings (SSSR count). The van der Waals surface area contributed by atoms with Crippen molar-refractivity contribution in [2.24, 2.45) is 11.8 Å². The zero-order chi connectivity index (χ0) is 15.5. The number of aliphatic hydroxyl groups is 1. The van der Waals surface area contributed by atoms with Gasteiger partial charge in [-0.15, -0.1) is 0 Å². The van der Waals surface area contributed by atoms with E-state index in [1.807, 2.05) is 31.4 Å². The van der Waals surface area contributed by atoms with Gasteiger partial charge in [0.1, 0.15) is 11.9 Å². The lowest BCUT2D eigenvalue weighted by Gasteiger charge is -2.23. The molecule has 4 heteroatoms. The highest BCUT2D eigenvalue weighted by molar-refractivity contribution is 5.35. The van der Waals surface area contributed by atoms with Gasteiger partial charge < -0.3 is 19.3 Å². The van der Waals surface area contributed by atoms with E-state index in [9.17, 15) is 5.11 Å². The van der Waals surface area contributed by atoms with Crippen LogP contribution in [0.25, 0.3) is 0 Å². The number of hydrogen-bond donors (Lipinski definition) is 1. The van der Waals surface area contributed by atoms with Crippen LogP contribution in [-0.4, -0.2) is 38.1 Å². The monoisotopic (exact) mass is 306 g/mol. The van der Waals surface area contributed by atoms with Crippen LogP contribution in [0.5, 0.6) is 5.75 Å². The lowest BCUT2D eigenvalue weighted by Crippen LogP contribution is -2.19. The highest BCUT2D eigenvalue weighted by atomic mass is 16.5. The molecule has 5 atom stereocenters. The largest absolute Gasteiger partial charge is 0.496 e. The third-order valence-electron chi connectivity index (χ3n) is 5.27. The van der Waals surface area contributed by atoms with Crippen molar-refractivity contribution in [3.63, 3.8) is 0 Å². The van der Waals surface area contributed by atoms with E-state index in [4.69, 9.17) is 14.2 Å². The smallest absolute Gasteiger partial charge is 0.124 e. The molecule has 1 aromatic carbocycles. The molecule has 22 heavy (non-hydrogen) atoms. The third kappa shape index (κ3) is 3.14. The van der Waals surface area contributed by atoms with Crippen molar-refractivity contribution in [2.45, 2.75) is 44.0 Å². The molecule has 1 aromatic rings. The van der Waals surface area contributed by atoms with Crippen LogP contribution in [0.4, 0.5) is 0 Å². The minimum Gasteiger partial charge on any atom is -0.496 e. The highest BCUT2D eigenvalue weighted by Crippen LogP contribution is 2.47. The molecule has 0 bridgehead atoms. The zero-order valence-electron chi connectivity index (χ0n) is 13.4. The summed E-state index contributed by atoms with van der Waals surface area (Å²) in [6.07, 6.45) is 4.82. The molecule has 2 aliphatic carbocycles. The van der Waals surface area contributed by atoms with Gasteiger partial charge in [-0.25, -0.2) is 0 Å². The average Bonchev–Trinajstić information content (AvgIpc) is 3.10. The van der Waals surface area contributed by atoms with Crippen LogP contribution in [0.3, 0.4) is 0 Å². The minimum atomic E-state index is -0.307. The van der Waals surface area contributed by atoms with Gasteiger partial charge >= 0.3 is 0 Å². The van der Waals surface area contributed by atoms with E-state index < -0.39 is 0 Å². The molecule has 2 fully saturated rings. The maximum absolute atomic E-state index is 9.74. The van der Waals surface area contributed by atoms with Crippen LogP contribution >= 0.6 is 0 Å². The van der Waals surface area contributed by atoms with Crippen LogP contribution in [0.15, 0.2) is 24.3 Å². The van der Waals surface area contributed by atoms with Crippen molar-refractivity contribution in [1.82, 2.24) is 0 Å². The first-order valence-corrected chi connectivity index (χ1v) is 8.17. The Morgan fingerprint density at radius 3 is 2.27 bits per heavy atom. The first-order valence-electron chi connectivity index (χ1n) is 8.17. The summed E-state index contributed by atoms with van der Waals surface area (Å²) in [5, 5.41) is 9.74. The van der Waals surface area contributed by atoms with Gasteiger partial charge in [0.2, 0.25) is 0 Å². The van der Waals surface area contributed by atoms with E-state index in [-0.39, 0.29) is 18.8 Å². The van der Waals surface area contributed by atoms with E-state index in [2.05, 4.69) is 0 Å². The average molecular weight is 306 g/mol. The Bertz CT molecular complexity index is 476. The van der Waals surface area contributed by atoms with Gasteiger partial charge in [-0.2, -0.15) is 0 Å². The lowest BCUT2D eigenvalue weighted by molar-refractivity contribution is -0.0437. The molecule has 2 saturated carbocycles. The molecule has 0 aromatic heterocycles. The molecule has 0 saturated heterocycles. The van der Waals surface area contributed by atoms with Gasteiger partial charge in [-0.3, -0.25) is 0 Å². The predicted molar refractivity (Wildman–Crippen MR) is 83.9 cm³/mol. The Labute approximate surface area is 132 Å². The van der Waals surface area contributed by atoms with E-state index in [1.165, 1.54) is 0 Å². The lowest BCUT2D eigenvalue weighted by atomic mass is 10.0. The van der Waals surface area contributed by atoms with E-state index in [1.54, 1.807) is 7.11 Å². The number of aliphatic hydroxyl groups excluding tert-OH is 1. The van der Waals surface area contributed by atoms with Crippen molar-refractivity contribution in [1.29, 1.82) is 0 Å². The second-order valence-corrected chi connectivity index (χ2v) is 6.49. The molecule has 122 valence electrons. The Morgan fingerprint density at radius 1 is 1.05 bits per heavy atom. The fraction of sp³-hybridized carbons (Fsp3) is 0.667. The van der Waals surface area contributed by atoms with Crippen LogP contribution < -0.4 is 4.74 Å². The summed E-state index contributed by atoms with van der Waals surface area (Å²) >= 11 is 0. The number of para-hydroxylation sites is 1. The Balaban J connectivity index is 1.63. The minimum absolute atomic E-state index is 0.0209. The fourth-order valence-electron chi connectivity index (χ4n) is 4.19. The zero-order valence-corrected chi connectivity index (χ0v) is 13.4. The second kappa shape index (κ2) is 6.99. The van der Waals surface area contributed by atoms with Gasteiger partial charge in [0.15, 0.2) is 0 Å². The maximum Gasteiger partial charge on any atom is 0.124 e. The quantitative estimate of drug-likeness (QED) is 0.878. The normalized spacial score (nSPS) is 32.0. The first-order chi connectivity index (χ1) is 10.7. The highest BCUT2D eigenvalue weighted by Gasteiger charge is 2.42. The summed E-state index contributed by atoms with van der Waals surface area (Å²) in [6, 6.07) is 7.77. The molecular weight excluding hydrogens is 280 g/mol. The third-order valence-corrected chi connectivity index (χ3v) is 5.27. The van der Waals surface area contributed by atoms with Crippen molar-refractivity contribution in [3.05, 3.63) is 29.8 Å². The summed E-state index contributed by atoms with van der Waals surface area (Å²) in [5.41, 5.74) is 0.930. The standard InChI is InChI=1S/C18H26O4/c1-20-14-7-12-9-15(10-13(12)8-14)22-18(11-19)16-5-3-4-6-17(16)21-2/h3-6,12-15,18-19H,7-11H2,1-2H3/t12-,13+,14?,15?,18?. The Hall–Kier alpha value is -1.10. The topological polar surface area (TPSA) is 47.9 Å². The maximum atomic E-state index is 9.74. The summed E-state index contributed by atoms with van der Waals surface area (Å²) in [6.45, 7) is -0.0209. The second-order valence-electron chi connectivity index (χ2n) is 6.49. The van der Waals surface area contributed by atoms with Crippen molar-refractivity contribution in [3.8, 4) is 5.75 Å². The van der Waals surface area contributed by atoms with Gasteiger partial charge in [0.25, 0.3) is 0 Å². The molecule has 0 amide bonds. The molecule has 1 N–H and O–H groups in total.